The van der Waals surface area contributed by atoms with E-state index < -0.39 is 10.0 Å². The lowest BCUT2D eigenvalue weighted by atomic mass is 10.2. The second kappa shape index (κ2) is 5.86. The molecular weight excluding hydrogens is 300 g/mol. The van der Waals surface area contributed by atoms with Gasteiger partial charge in [0.25, 0.3) is 0 Å². The van der Waals surface area contributed by atoms with Crippen LogP contribution >= 0.6 is 11.6 Å². The third kappa shape index (κ3) is 3.91. The molecule has 0 spiro atoms. The molecule has 8 heteroatoms. The first-order valence-electron chi connectivity index (χ1n) is 5.45. The first-order chi connectivity index (χ1) is 9.48. The minimum absolute atomic E-state index is 0.100. The van der Waals surface area contributed by atoms with Gasteiger partial charge in [-0.1, -0.05) is 23.7 Å². The molecule has 0 bridgehead atoms. The van der Waals surface area contributed by atoms with Crippen molar-refractivity contribution in [2.24, 2.45) is 0 Å². The second-order valence-corrected chi connectivity index (χ2v) is 6.00. The maximum absolute atomic E-state index is 11.9. The van der Waals surface area contributed by atoms with Crippen LogP contribution in [0.4, 0.5) is 5.82 Å². The average molecular weight is 309 g/mol. The van der Waals surface area contributed by atoms with Crippen molar-refractivity contribution in [3.63, 3.8) is 0 Å². The third-order valence-electron chi connectivity index (χ3n) is 2.32. The van der Waals surface area contributed by atoms with Crippen LogP contribution in [-0.4, -0.2) is 18.4 Å². The molecule has 2 rings (SSSR count). The van der Waals surface area contributed by atoms with Crippen LogP contribution in [-0.2, 0) is 15.8 Å². The highest BCUT2D eigenvalue weighted by molar-refractivity contribution is 7.91. The van der Waals surface area contributed by atoms with Crippen LogP contribution in [0.25, 0.3) is 0 Å². The van der Waals surface area contributed by atoms with Gasteiger partial charge in [0, 0.05) is 0 Å². The zero-order chi connectivity index (χ0) is 14.6. The molecule has 2 aromatic rings. The summed E-state index contributed by atoms with van der Waals surface area (Å²) in [6.45, 7) is 0. The molecule has 0 unspecified atom stereocenters. The average Bonchev–Trinajstić information content (AvgIpc) is 2.41. The minimum Gasteiger partial charge on any atom is -0.266 e. The largest absolute Gasteiger partial charge is 0.266 e. The lowest BCUT2D eigenvalue weighted by Crippen LogP contribution is -2.16. The number of rotatable bonds is 4. The molecule has 0 aliphatic heterocycles. The predicted molar refractivity (Wildman–Crippen MR) is 74.4 cm³/mol. The highest BCUT2D eigenvalue weighted by atomic mass is 35.5. The van der Waals surface area contributed by atoms with Crippen LogP contribution in [0, 0.1) is 11.3 Å². The van der Waals surface area contributed by atoms with Gasteiger partial charge < -0.3 is 0 Å². The van der Waals surface area contributed by atoms with E-state index in [0.29, 0.717) is 11.1 Å². The Bertz CT molecular complexity index is 737. The number of sulfonamides is 1. The van der Waals surface area contributed by atoms with E-state index >= 15 is 0 Å². The van der Waals surface area contributed by atoms with Crippen LogP contribution in [0.3, 0.4) is 0 Å². The third-order valence-corrected chi connectivity index (χ3v) is 3.75. The first-order valence-corrected chi connectivity index (χ1v) is 7.48. The molecule has 1 heterocycles. The van der Waals surface area contributed by atoms with Gasteiger partial charge in [-0.05, 0) is 17.7 Å². The molecule has 102 valence electrons. The molecule has 20 heavy (non-hydrogen) atoms. The second-order valence-electron chi connectivity index (χ2n) is 3.89. The van der Waals surface area contributed by atoms with Crippen molar-refractivity contribution in [1.29, 1.82) is 5.26 Å². The van der Waals surface area contributed by atoms with E-state index in [2.05, 4.69) is 14.7 Å². The Hall–Kier alpha value is -2.17. The summed E-state index contributed by atoms with van der Waals surface area (Å²) < 4.78 is 26.2. The number of aromatic nitrogens is 2. The minimum atomic E-state index is -3.60. The summed E-state index contributed by atoms with van der Waals surface area (Å²) in [4.78, 5) is 7.54. The molecular formula is C12H9ClN4O2S. The Balaban J connectivity index is 2.10. The summed E-state index contributed by atoms with van der Waals surface area (Å²) in [7, 11) is -3.60. The summed E-state index contributed by atoms with van der Waals surface area (Å²) in [5.41, 5.74) is 1.04. The van der Waals surface area contributed by atoms with Crippen molar-refractivity contribution in [3.8, 4) is 6.07 Å². The van der Waals surface area contributed by atoms with Crippen molar-refractivity contribution < 1.29 is 8.42 Å². The number of anilines is 1. The number of halogens is 1. The van der Waals surface area contributed by atoms with Gasteiger partial charge in [-0.15, -0.1) is 0 Å². The Kier molecular flexibility index (Phi) is 4.17. The topological polar surface area (TPSA) is 95.7 Å². The normalized spacial score (nSPS) is 10.8. The van der Waals surface area contributed by atoms with Crippen molar-refractivity contribution in [1.82, 2.24) is 9.97 Å². The number of nitriles is 1. The number of nitrogens with one attached hydrogen (secondary N) is 1. The standard InChI is InChI=1S/C12H9ClN4O2S/c13-11-6-16-12(7-15-11)17-20(18,19)8-10-3-1-9(5-14)2-4-10/h1-4,6-7H,8H2,(H,16,17). The van der Waals surface area contributed by atoms with Gasteiger partial charge in [0.1, 0.15) is 5.15 Å². The SMILES string of the molecule is N#Cc1ccc(CS(=O)(=O)Nc2cnc(Cl)cn2)cc1. The molecule has 0 aliphatic carbocycles. The fraction of sp³-hybridized carbons (Fsp3) is 0.0833. The van der Waals surface area contributed by atoms with Crippen LogP contribution < -0.4 is 4.72 Å². The van der Waals surface area contributed by atoms with Gasteiger partial charge in [-0.3, -0.25) is 4.72 Å². The first kappa shape index (κ1) is 14.2. The molecule has 0 fully saturated rings. The Morgan fingerprint density at radius 3 is 2.45 bits per heavy atom. The maximum Gasteiger partial charge on any atom is 0.238 e. The molecule has 1 aromatic carbocycles. The Labute approximate surface area is 121 Å². The summed E-state index contributed by atoms with van der Waals surface area (Å²) >= 11 is 5.56. The zero-order valence-corrected chi connectivity index (χ0v) is 11.7. The molecule has 0 atom stereocenters. The number of benzene rings is 1. The van der Waals surface area contributed by atoms with E-state index in [9.17, 15) is 8.42 Å². The van der Waals surface area contributed by atoms with Gasteiger partial charge in [0.2, 0.25) is 10.0 Å². The quantitative estimate of drug-likeness (QED) is 0.931. The predicted octanol–water partition coefficient (Wildman–Crippen LogP) is 1.94. The smallest absolute Gasteiger partial charge is 0.238 e. The van der Waals surface area contributed by atoms with Crippen LogP contribution in [0.2, 0.25) is 5.15 Å². The fourth-order valence-corrected chi connectivity index (χ4v) is 2.68. The van der Waals surface area contributed by atoms with E-state index in [1.54, 1.807) is 24.3 Å². The molecule has 1 N–H and O–H groups in total. The van der Waals surface area contributed by atoms with E-state index in [1.807, 2.05) is 6.07 Å². The van der Waals surface area contributed by atoms with Gasteiger partial charge >= 0.3 is 0 Å². The fourth-order valence-electron chi connectivity index (χ4n) is 1.46. The highest BCUT2D eigenvalue weighted by Gasteiger charge is 2.12. The van der Waals surface area contributed by atoms with E-state index in [-0.39, 0.29) is 16.7 Å². The molecule has 0 amide bonds. The van der Waals surface area contributed by atoms with Crippen molar-refractivity contribution in [2.75, 3.05) is 4.72 Å². The van der Waals surface area contributed by atoms with Crippen LogP contribution in [0.15, 0.2) is 36.7 Å². The van der Waals surface area contributed by atoms with Crippen LogP contribution in [0.1, 0.15) is 11.1 Å². The number of nitrogens with zero attached hydrogens (tertiary/aromatic N) is 3. The summed E-state index contributed by atoms with van der Waals surface area (Å²) in [6, 6.07) is 8.27. The lowest BCUT2D eigenvalue weighted by Gasteiger charge is -2.07. The Morgan fingerprint density at radius 1 is 1.20 bits per heavy atom. The van der Waals surface area contributed by atoms with E-state index in [4.69, 9.17) is 16.9 Å². The number of hydrogen-bond acceptors (Lipinski definition) is 5. The molecule has 0 radical (unpaired) electrons. The molecule has 0 saturated carbocycles. The van der Waals surface area contributed by atoms with Crippen molar-refractivity contribution in [2.45, 2.75) is 5.75 Å². The summed E-state index contributed by atoms with van der Waals surface area (Å²) in [5.74, 6) is -0.119. The molecule has 6 nitrogen and oxygen atoms in total. The van der Waals surface area contributed by atoms with Gasteiger partial charge in [0.05, 0.1) is 29.8 Å². The molecule has 0 saturated heterocycles. The van der Waals surface area contributed by atoms with E-state index in [0.717, 1.165) is 0 Å². The molecule has 1 aromatic heterocycles. The van der Waals surface area contributed by atoms with Gasteiger partial charge in [-0.2, -0.15) is 5.26 Å². The van der Waals surface area contributed by atoms with Gasteiger partial charge in [0.15, 0.2) is 5.82 Å². The van der Waals surface area contributed by atoms with Crippen molar-refractivity contribution in [3.05, 3.63) is 52.9 Å². The monoisotopic (exact) mass is 308 g/mol. The summed E-state index contributed by atoms with van der Waals surface area (Å²) in [5, 5.41) is 8.85. The van der Waals surface area contributed by atoms with E-state index in [1.165, 1.54) is 12.4 Å². The highest BCUT2D eigenvalue weighted by Crippen LogP contribution is 2.12. The molecule has 0 aliphatic rings. The zero-order valence-electron chi connectivity index (χ0n) is 10.1. The lowest BCUT2D eigenvalue weighted by molar-refractivity contribution is 0.600. The van der Waals surface area contributed by atoms with Crippen LogP contribution in [0.5, 0.6) is 0 Å². The number of hydrogen-bond donors (Lipinski definition) is 1. The van der Waals surface area contributed by atoms with Gasteiger partial charge in [-0.25, -0.2) is 18.4 Å². The maximum atomic E-state index is 11.9. The van der Waals surface area contributed by atoms with Crippen molar-refractivity contribution >= 4 is 27.4 Å². The summed E-state index contributed by atoms with van der Waals surface area (Å²) in [6.07, 6.45) is 2.49. The Morgan fingerprint density at radius 2 is 1.90 bits per heavy atom.